The van der Waals surface area contributed by atoms with Gasteiger partial charge < -0.3 is 19.3 Å². The van der Waals surface area contributed by atoms with Gasteiger partial charge >= 0.3 is 0 Å². The molecule has 0 unspecified atom stereocenters. The van der Waals surface area contributed by atoms with Crippen LogP contribution in [-0.4, -0.2) is 17.9 Å². The molecule has 0 amide bonds. The highest BCUT2D eigenvalue weighted by atomic mass is 16.5. The van der Waals surface area contributed by atoms with Gasteiger partial charge in [-0.15, -0.1) is 0 Å². The van der Waals surface area contributed by atoms with Crippen molar-refractivity contribution < 1.29 is 14.0 Å². The fourth-order valence-corrected chi connectivity index (χ4v) is 2.79. The summed E-state index contributed by atoms with van der Waals surface area (Å²) in [4.78, 5) is 0. The monoisotopic (exact) mass is 302 g/mol. The topological polar surface area (TPSA) is 56.5 Å². The number of aromatic nitrogens is 1. The number of nitrogens with one attached hydrogen (secondary N) is 1. The zero-order chi connectivity index (χ0) is 15.7. The summed E-state index contributed by atoms with van der Waals surface area (Å²) < 4.78 is 16.8. The molecular formula is C17H22N2O3. The SMILES string of the molecule is CCOc1cc2c(cc1NCc1c(C)noc1C)O[C@@H](C)C2. The standard InChI is InChI=1S/C17H22N2O3/c1-5-20-17-7-13-6-10(2)21-16(13)8-15(17)18-9-14-11(3)19-22-12(14)4/h7-8,10,18H,5-6,9H2,1-4H3/t10-/m0/s1. The third-order valence-electron chi connectivity index (χ3n) is 3.93. The zero-order valence-electron chi connectivity index (χ0n) is 13.5. The Kier molecular flexibility index (Phi) is 3.96. The second-order valence-corrected chi connectivity index (χ2v) is 5.68. The van der Waals surface area contributed by atoms with Gasteiger partial charge in [0.05, 0.1) is 18.0 Å². The number of fused-ring (bicyclic) bond motifs is 1. The first-order valence-corrected chi connectivity index (χ1v) is 7.70. The van der Waals surface area contributed by atoms with Gasteiger partial charge in [-0.2, -0.15) is 0 Å². The largest absolute Gasteiger partial charge is 0.492 e. The van der Waals surface area contributed by atoms with E-state index < -0.39 is 0 Å². The van der Waals surface area contributed by atoms with Crippen molar-refractivity contribution in [2.24, 2.45) is 0 Å². The van der Waals surface area contributed by atoms with Crippen LogP contribution < -0.4 is 14.8 Å². The first-order chi connectivity index (χ1) is 10.6. The Morgan fingerprint density at radius 1 is 1.36 bits per heavy atom. The highest BCUT2D eigenvalue weighted by molar-refractivity contribution is 5.63. The Bertz CT molecular complexity index is 659. The molecule has 1 aromatic carbocycles. The number of hydrogen-bond donors (Lipinski definition) is 1. The smallest absolute Gasteiger partial charge is 0.142 e. The molecule has 0 bridgehead atoms. The van der Waals surface area contributed by atoms with E-state index in [0.29, 0.717) is 13.2 Å². The minimum Gasteiger partial charge on any atom is -0.492 e. The van der Waals surface area contributed by atoms with Gasteiger partial charge in [-0.25, -0.2) is 0 Å². The summed E-state index contributed by atoms with van der Waals surface area (Å²) in [7, 11) is 0. The van der Waals surface area contributed by atoms with Crippen molar-refractivity contribution in [3.05, 3.63) is 34.7 Å². The van der Waals surface area contributed by atoms with Crippen molar-refractivity contribution >= 4 is 5.69 Å². The summed E-state index contributed by atoms with van der Waals surface area (Å²) in [5, 5.41) is 7.41. The average Bonchev–Trinajstić information content (AvgIpc) is 2.99. The maximum atomic E-state index is 5.84. The van der Waals surface area contributed by atoms with E-state index in [-0.39, 0.29) is 6.10 Å². The maximum Gasteiger partial charge on any atom is 0.142 e. The third-order valence-corrected chi connectivity index (χ3v) is 3.93. The number of benzene rings is 1. The van der Waals surface area contributed by atoms with E-state index in [4.69, 9.17) is 14.0 Å². The number of nitrogens with zero attached hydrogens (tertiary/aromatic N) is 1. The molecule has 1 aliphatic heterocycles. The molecule has 1 atom stereocenters. The van der Waals surface area contributed by atoms with Gasteiger partial charge in [0.15, 0.2) is 0 Å². The van der Waals surface area contributed by atoms with E-state index in [1.807, 2.05) is 26.8 Å². The van der Waals surface area contributed by atoms with Crippen LogP contribution in [0.3, 0.4) is 0 Å². The van der Waals surface area contributed by atoms with E-state index in [1.54, 1.807) is 0 Å². The Morgan fingerprint density at radius 2 is 2.18 bits per heavy atom. The predicted octanol–water partition coefficient (Wildman–Crippen LogP) is 3.63. The lowest BCUT2D eigenvalue weighted by atomic mass is 10.1. The number of aryl methyl sites for hydroxylation is 2. The lowest BCUT2D eigenvalue weighted by Gasteiger charge is -2.14. The molecule has 0 radical (unpaired) electrons. The van der Waals surface area contributed by atoms with Gasteiger partial charge in [-0.05, 0) is 33.8 Å². The van der Waals surface area contributed by atoms with Crippen LogP contribution in [0.25, 0.3) is 0 Å². The summed E-state index contributed by atoms with van der Waals surface area (Å²) >= 11 is 0. The van der Waals surface area contributed by atoms with Crippen LogP contribution in [0, 0.1) is 13.8 Å². The van der Waals surface area contributed by atoms with Crippen LogP contribution in [-0.2, 0) is 13.0 Å². The van der Waals surface area contributed by atoms with Crippen molar-refractivity contribution in [1.29, 1.82) is 0 Å². The quantitative estimate of drug-likeness (QED) is 0.914. The summed E-state index contributed by atoms with van der Waals surface area (Å²) in [6.45, 7) is 9.23. The third kappa shape index (κ3) is 2.75. The molecule has 3 rings (SSSR count). The van der Waals surface area contributed by atoms with Gasteiger partial charge in [0.25, 0.3) is 0 Å². The van der Waals surface area contributed by atoms with Crippen LogP contribution in [0.4, 0.5) is 5.69 Å². The van der Waals surface area contributed by atoms with Gasteiger partial charge in [0.1, 0.15) is 23.4 Å². The van der Waals surface area contributed by atoms with E-state index in [0.717, 1.165) is 40.6 Å². The van der Waals surface area contributed by atoms with Crippen molar-refractivity contribution in [2.75, 3.05) is 11.9 Å². The Labute approximate surface area is 130 Å². The minimum atomic E-state index is 0.224. The number of rotatable bonds is 5. The maximum absolute atomic E-state index is 5.84. The van der Waals surface area contributed by atoms with Gasteiger partial charge in [0, 0.05) is 30.2 Å². The summed E-state index contributed by atoms with van der Waals surface area (Å²) in [6, 6.07) is 4.11. The molecule has 0 fully saturated rings. The molecule has 0 aliphatic carbocycles. The van der Waals surface area contributed by atoms with Crippen LogP contribution in [0.2, 0.25) is 0 Å². The fraction of sp³-hybridized carbons (Fsp3) is 0.471. The molecule has 0 spiro atoms. The molecule has 0 saturated carbocycles. The number of ether oxygens (including phenoxy) is 2. The van der Waals surface area contributed by atoms with Crippen LogP contribution >= 0.6 is 0 Å². The molecule has 118 valence electrons. The van der Waals surface area contributed by atoms with Crippen LogP contribution in [0.5, 0.6) is 11.5 Å². The van der Waals surface area contributed by atoms with Gasteiger partial charge in [-0.1, -0.05) is 5.16 Å². The normalized spacial score (nSPS) is 16.3. The minimum absolute atomic E-state index is 0.224. The van der Waals surface area contributed by atoms with E-state index >= 15 is 0 Å². The first-order valence-electron chi connectivity index (χ1n) is 7.70. The molecule has 5 nitrogen and oxygen atoms in total. The molecule has 1 N–H and O–H groups in total. The van der Waals surface area contributed by atoms with E-state index in [1.165, 1.54) is 5.56 Å². The van der Waals surface area contributed by atoms with E-state index in [9.17, 15) is 0 Å². The molecular weight excluding hydrogens is 280 g/mol. The lowest BCUT2D eigenvalue weighted by Crippen LogP contribution is -2.05. The Balaban J connectivity index is 1.84. The van der Waals surface area contributed by atoms with Crippen LogP contribution in [0.1, 0.15) is 36.4 Å². The molecule has 2 aromatic rings. The highest BCUT2D eigenvalue weighted by Gasteiger charge is 2.22. The van der Waals surface area contributed by atoms with Crippen molar-refractivity contribution in [1.82, 2.24) is 5.16 Å². The summed E-state index contributed by atoms with van der Waals surface area (Å²) in [5.41, 5.74) is 4.14. The molecule has 5 heteroatoms. The molecule has 22 heavy (non-hydrogen) atoms. The summed E-state index contributed by atoms with van der Waals surface area (Å²) in [5.74, 6) is 2.65. The average molecular weight is 302 g/mol. The lowest BCUT2D eigenvalue weighted by molar-refractivity contribution is 0.254. The number of anilines is 1. The summed E-state index contributed by atoms with van der Waals surface area (Å²) in [6.07, 6.45) is 1.15. The molecule has 1 aromatic heterocycles. The molecule has 1 aliphatic rings. The highest BCUT2D eigenvalue weighted by Crippen LogP contribution is 2.38. The van der Waals surface area contributed by atoms with Crippen LogP contribution in [0.15, 0.2) is 16.7 Å². The van der Waals surface area contributed by atoms with Crippen molar-refractivity contribution in [3.8, 4) is 11.5 Å². The second-order valence-electron chi connectivity index (χ2n) is 5.68. The zero-order valence-corrected chi connectivity index (χ0v) is 13.5. The van der Waals surface area contributed by atoms with E-state index in [2.05, 4.69) is 23.5 Å². The van der Waals surface area contributed by atoms with Crippen molar-refractivity contribution in [2.45, 2.75) is 46.8 Å². The fourth-order valence-electron chi connectivity index (χ4n) is 2.79. The Hall–Kier alpha value is -2.17. The molecule has 0 saturated heterocycles. The predicted molar refractivity (Wildman–Crippen MR) is 84.7 cm³/mol. The Morgan fingerprint density at radius 3 is 2.86 bits per heavy atom. The number of hydrogen-bond acceptors (Lipinski definition) is 5. The molecule has 2 heterocycles. The first kappa shape index (κ1) is 14.8. The van der Waals surface area contributed by atoms with Crippen molar-refractivity contribution in [3.63, 3.8) is 0 Å². The van der Waals surface area contributed by atoms with Gasteiger partial charge in [0.2, 0.25) is 0 Å². The van der Waals surface area contributed by atoms with Gasteiger partial charge in [-0.3, -0.25) is 0 Å². The second kappa shape index (κ2) is 5.91.